The summed E-state index contributed by atoms with van der Waals surface area (Å²) in [5.41, 5.74) is 3.35. The molecule has 3 aromatic rings. The number of sulfonamides is 1. The van der Waals surface area contributed by atoms with E-state index in [1.54, 1.807) is 19.1 Å². The predicted octanol–water partition coefficient (Wildman–Crippen LogP) is 5.90. The first-order chi connectivity index (χ1) is 17.6. The molecule has 0 radical (unpaired) electrons. The SMILES string of the molecule is Cc1cc(S(=O)(=O)N2CC3(CCCCC3)c3cc(-c4ccc(Cl)cc4O)ccc32)ccc1OCC(=O)O. The van der Waals surface area contributed by atoms with Crippen LogP contribution in [0.5, 0.6) is 11.5 Å². The standard InChI is InChI=1S/C28H28ClNO6S/c1-18-13-21(7-10-26(18)36-16-27(32)33)37(34,35)30-17-28(11-3-2-4-12-28)23-14-19(5-9-24(23)30)22-8-6-20(29)15-25(22)31/h5-10,13-15,31H,2-4,11-12,16-17H2,1H3,(H,32,33). The normalized spacial score (nSPS) is 16.5. The van der Waals surface area contributed by atoms with Crippen molar-refractivity contribution in [3.05, 3.63) is 70.7 Å². The van der Waals surface area contributed by atoms with E-state index < -0.39 is 22.6 Å². The lowest BCUT2D eigenvalue weighted by Crippen LogP contribution is -2.38. The van der Waals surface area contributed by atoms with Gasteiger partial charge in [-0.15, -0.1) is 0 Å². The summed E-state index contributed by atoms with van der Waals surface area (Å²) in [5.74, 6) is -0.693. The van der Waals surface area contributed by atoms with Crippen molar-refractivity contribution in [2.45, 2.75) is 49.3 Å². The molecule has 1 saturated carbocycles. The summed E-state index contributed by atoms with van der Waals surface area (Å²) in [6, 6.07) is 15.2. The van der Waals surface area contributed by atoms with Crippen molar-refractivity contribution in [2.75, 3.05) is 17.5 Å². The number of rotatable bonds is 6. The predicted molar refractivity (Wildman–Crippen MR) is 142 cm³/mol. The van der Waals surface area contributed by atoms with Gasteiger partial charge in [-0.05, 0) is 85.0 Å². The van der Waals surface area contributed by atoms with Gasteiger partial charge in [-0.1, -0.05) is 36.9 Å². The number of phenolic OH excluding ortho intramolecular Hbond substituents is 1. The fraction of sp³-hybridized carbons (Fsp3) is 0.321. The number of hydrogen-bond donors (Lipinski definition) is 2. The molecule has 1 spiro atoms. The van der Waals surface area contributed by atoms with Crippen molar-refractivity contribution in [3.63, 3.8) is 0 Å². The minimum absolute atomic E-state index is 0.0771. The van der Waals surface area contributed by atoms with Gasteiger partial charge in [0.2, 0.25) is 0 Å². The molecule has 2 aliphatic rings. The smallest absolute Gasteiger partial charge is 0.341 e. The number of carboxylic acids is 1. The number of fused-ring (bicyclic) bond motifs is 2. The van der Waals surface area contributed by atoms with Crippen LogP contribution in [0.1, 0.15) is 43.2 Å². The van der Waals surface area contributed by atoms with Gasteiger partial charge >= 0.3 is 5.97 Å². The van der Waals surface area contributed by atoms with Crippen molar-refractivity contribution in [1.29, 1.82) is 0 Å². The molecule has 1 aliphatic carbocycles. The number of hydrogen-bond acceptors (Lipinski definition) is 5. The molecule has 5 rings (SSSR count). The molecule has 0 atom stereocenters. The number of benzene rings is 3. The second-order valence-electron chi connectivity index (χ2n) is 9.86. The number of carboxylic acid groups (broad SMARTS) is 1. The van der Waals surface area contributed by atoms with Crippen LogP contribution in [0.2, 0.25) is 5.02 Å². The molecular weight excluding hydrogens is 514 g/mol. The Labute approximate surface area is 221 Å². The molecule has 194 valence electrons. The van der Waals surface area contributed by atoms with Crippen molar-refractivity contribution in [1.82, 2.24) is 0 Å². The number of ether oxygens (including phenoxy) is 1. The highest BCUT2D eigenvalue weighted by molar-refractivity contribution is 7.92. The van der Waals surface area contributed by atoms with E-state index in [2.05, 4.69) is 0 Å². The van der Waals surface area contributed by atoms with Gasteiger partial charge in [-0.2, -0.15) is 0 Å². The highest BCUT2D eigenvalue weighted by atomic mass is 35.5. The Morgan fingerprint density at radius 2 is 1.81 bits per heavy atom. The number of halogens is 1. The molecule has 1 fully saturated rings. The van der Waals surface area contributed by atoms with Gasteiger partial charge < -0.3 is 14.9 Å². The Morgan fingerprint density at radius 1 is 1.05 bits per heavy atom. The molecule has 1 heterocycles. The van der Waals surface area contributed by atoms with E-state index in [1.165, 1.54) is 28.6 Å². The van der Waals surface area contributed by atoms with Gasteiger partial charge in [0.25, 0.3) is 10.0 Å². The summed E-state index contributed by atoms with van der Waals surface area (Å²) < 4.78 is 34.7. The van der Waals surface area contributed by atoms with Crippen LogP contribution in [-0.4, -0.2) is 37.8 Å². The lowest BCUT2D eigenvalue weighted by Gasteiger charge is -2.34. The lowest BCUT2D eigenvalue weighted by molar-refractivity contribution is -0.139. The summed E-state index contributed by atoms with van der Waals surface area (Å²) in [6.07, 6.45) is 4.96. The van der Waals surface area contributed by atoms with E-state index in [1.807, 2.05) is 18.2 Å². The van der Waals surface area contributed by atoms with E-state index in [0.717, 1.165) is 43.2 Å². The largest absolute Gasteiger partial charge is 0.507 e. The monoisotopic (exact) mass is 541 g/mol. The van der Waals surface area contributed by atoms with Crippen molar-refractivity contribution in [3.8, 4) is 22.6 Å². The minimum Gasteiger partial charge on any atom is -0.507 e. The topological polar surface area (TPSA) is 104 Å². The maximum absolute atomic E-state index is 13.9. The summed E-state index contributed by atoms with van der Waals surface area (Å²) in [7, 11) is -3.89. The molecule has 7 nitrogen and oxygen atoms in total. The average Bonchev–Trinajstić information content (AvgIpc) is 3.17. The Morgan fingerprint density at radius 3 is 2.49 bits per heavy atom. The zero-order valence-corrected chi connectivity index (χ0v) is 22.0. The molecule has 0 aromatic heterocycles. The molecule has 0 unspecified atom stereocenters. The zero-order chi connectivity index (χ0) is 26.4. The third-order valence-electron chi connectivity index (χ3n) is 7.45. The first-order valence-electron chi connectivity index (χ1n) is 12.2. The Hall–Kier alpha value is -3.23. The zero-order valence-electron chi connectivity index (χ0n) is 20.4. The number of anilines is 1. The van der Waals surface area contributed by atoms with Crippen LogP contribution in [0.15, 0.2) is 59.5 Å². The molecule has 3 aromatic carbocycles. The van der Waals surface area contributed by atoms with Crippen LogP contribution in [0, 0.1) is 6.92 Å². The number of carbonyl (C=O) groups is 1. The molecule has 0 saturated heterocycles. The molecule has 1 aliphatic heterocycles. The molecule has 0 amide bonds. The highest BCUT2D eigenvalue weighted by Crippen LogP contribution is 2.52. The van der Waals surface area contributed by atoms with E-state index in [0.29, 0.717) is 34.1 Å². The number of nitrogens with zero attached hydrogens (tertiary/aromatic N) is 1. The van der Waals surface area contributed by atoms with Crippen LogP contribution in [0.3, 0.4) is 0 Å². The van der Waals surface area contributed by atoms with E-state index in [9.17, 15) is 18.3 Å². The van der Waals surface area contributed by atoms with Gasteiger partial charge in [0.1, 0.15) is 11.5 Å². The van der Waals surface area contributed by atoms with Gasteiger partial charge in [0.15, 0.2) is 6.61 Å². The molecule has 9 heteroatoms. The lowest BCUT2D eigenvalue weighted by atomic mass is 9.70. The Balaban J connectivity index is 1.56. The van der Waals surface area contributed by atoms with Crippen LogP contribution in [0.25, 0.3) is 11.1 Å². The van der Waals surface area contributed by atoms with Crippen molar-refractivity contribution in [2.24, 2.45) is 0 Å². The first kappa shape index (κ1) is 25.4. The Kier molecular flexibility index (Phi) is 6.58. The van der Waals surface area contributed by atoms with Crippen LogP contribution < -0.4 is 9.04 Å². The van der Waals surface area contributed by atoms with Crippen molar-refractivity contribution < 1.29 is 28.2 Å². The maximum Gasteiger partial charge on any atom is 0.341 e. The number of aromatic hydroxyl groups is 1. The average molecular weight is 542 g/mol. The number of phenols is 1. The van der Waals surface area contributed by atoms with E-state index in [-0.39, 0.29) is 16.1 Å². The molecular formula is C28H28ClNO6S. The van der Waals surface area contributed by atoms with Crippen LogP contribution in [-0.2, 0) is 20.2 Å². The Bertz CT molecular complexity index is 1480. The van der Waals surface area contributed by atoms with Gasteiger partial charge in [0, 0.05) is 22.5 Å². The fourth-order valence-electron chi connectivity index (χ4n) is 5.62. The molecule has 2 N–H and O–H groups in total. The summed E-state index contributed by atoms with van der Waals surface area (Å²) in [5, 5.41) is 19.8. The summed E-state index contributed by atoms with van der Waals surface area (Å²) >= 11 is 6.03. The van der Waals surface area contributed by atoms with Gasteiger partial charge in [-0.25, -0.2) is 13.2 Å². The van der Waals surface area contributed by atoms with Crippen LogP contribution in [0.4, 0.5) is 5.69 Å². The van der Waals surface area contributed by atoms with E-state index >= 15 is 0 Å². The summed E-state index contributed by atoms with van der Waals surface area (Å²) in [6.45, 7) is 1.55. The third-order valence-corrected chi connectivity index (χ3v) is 9.44. The van der Waals surface area contributed by atoms with Crippen molar-refractivity contribution >= 4 is 33.3 Å². The van der Waals surface area contributed by atoms with E-state index in [4.69, 9.17) is 21.4 Å². The maximum atomic E-state index is 13.9. The fourth-order valence-corrected chi connectivity index (χ4v) is 7.44. The second-order valence-corrected chi connectivity index (χ2v) is 12.2. The quantitative estimate of drug-likeness (QED) is 0.403. The second kappa shape index (κ2) is 9.58. The summed E-state index contributed by atoms with van der Waals surface area (Å²) in [4.78, 5) is 11.0. The molecule has 37 heavy (non-hydrogen) atoms. The van der Waals surface area contributed by atoms with Gasteiger partial charge in [-0.3, -0.25) is 4.31 Å². The highest BCUT2D eigenvalue weighted by Gasteiger charge is 2.47. The number of aryl methyl sites for hydroxylation is 1. The first-order valence-corrected chi connectivity index (χ1v) is 14.0. The number of aliphatic carboxylic acids is 1. The third kappa shape index (κ3) is 4.64. The molecule has 0 bridgehead atoms. The minimum atomic E-state index is -3.89. The van der Waals surface area contributed by atoms with Crippen LogP contribution >= 0.6 is 11.6 Å². The van der Waals surface area contributed by atoms with Gasteiger partial charge in [0.05, 0.1) is 10.6 Å².